The molecule has 1 aliphatic rings. The van der Waals surface area contributed by atoms with Crippen LogP contribution in [0.1, 0.15) is 11.1 Å². The molecule has 5 heteroatoms. The zero-order valence-electron chi connectivity index (χ0n) is 18.1. The fourth-order valence-corrected chi connectivity index (χ4v) is 4.23. The Morgan fingerprint density at radius 2 is 1.62 bits per heavy atom. The lowest BCUT2D eigenvalue weighted by molar-refractivity contribution is -0.132. The molecule has 0 bridgehead atoms. The third-order valence-corrected chi connectivity index (χ3v) is 5.98. The number of rotatable bonds is 5. The molecule has 0 fully saturated rings. The van der Waals surface area contributed by atoms with Gasteiger partial charge in [0.1, 0.15) is 12.3 Å². The number of aromatic nitrogens is 2. The Morgan fingerprint density at radius 1 is 0.906 bits per heavy atom. The van der Waals surface area contributed by atoms with E-state index in [9.17, 15) is 4.79 Å². The van der Waals surface area contributed by atoms with Gasteiger partial charge in [-0.05, 0) is 41.3 Å². The Hall–Kier alpha value is -3.86. The fourth-order valence-electron chi connectivity index (χ4n) is 4.23. The number of hydrogen-bond acceptors (Lipinski definition) is 3. The quantitative estimate of drug-likeness (QED) is 0.463. The van der Waals surface area contributed by atoms with E-state index in [0.717, 1.165) is 40.2 Å². The molecule has 0 spiro atoms. The smallest absolute Gasteiger partial charge is 0.244 e. The van der Waals surface area contributed by atoms with Crippen LogP contribution in [-0.4, -0.2) is 34.2 Å². The van der Waals surface area contributed by atoms with Crippen LogP contribution in [-0.2, 0) is 24.3 Å². The molecule has 160 valence electrons. The number of carbonyl (C=O) groups excluding carboxylic acids is 1. The summed E-state index contributed by atoms with van der Waals surface area (Å²) < 4.78 is 7.20. The fraction of sp³-hybridized carbons (Fsp3) is 0.185. The van der Waals surface area contributed by atoms with Gasteiger partial charge in [-0.25, -0.2) is 0 Å². The Balaban J connectivity index is 1.43. The molecule has 1 aliphatic heterocycles. The molecule has 0 saturated heterocycles. The summed E-state index contributed by atoms with van der Waals surface area (Å²) in [5, 5.41) is 4.81. The van der Waals surface area contributed by atoms with Crippen molar-refractivity contribution in [1.29, 1.82) is 0 Å². The number of methoxy groups -OCH3 is 1. The molecule has 0 saturated carbocycles. The first-order valence-electron chi connectivity index (χ1n) is 10.8. The van der Waals surface area contributed by atoms with Gasteiger partial charge < -0.3 is 9.64 Å². The van der Waals surface area contributed by atoms with Crippen LogP contribution in [0.25, 0.3) is 22.5 Å². The Bertz CT molecular complexity index is 1230. The molecule has 5 nitrogen and oxygen atoms in total. The van der Waals surface area contributed by atoms with Crippen LogP contribution < -0.4 is 4.74 Å². The van der Waals surface area contributed by atoms with Gasteiger partial charge in [0.05, 0.1) is 18.5 Å². The number of ether oxygens (including phenoxy) is 1. The zero-order chi connectivity index (χ0) is 21.9. The minimum Gasteiger partial charge on any atom is -0.497 e. The second kappa shape index (κ2) is 8.71. The molecule has 3 aromatic carbocycles. The van der Waals surface area contributed by atoms with Crippen molar-refractivity contribution in [3.05, 3.63) is 96.1 Å². The van der Waals surface area contributed by atoms with Crippen molar-refractivity contribution in [3.8, 4) is 28.3 Å². The third-order valence-electron chi connectivity index (χ3n) is 5.98. The second-order valence-corrected chi connectivity index (χ2v) is 8.00. The van der Waals surface area contributed by atoms with Crippen LogP contribution in [0.3, 0.4) is 0 Å². The minimum absolute atomic E-state index is 0.0679. The molecule has 0 radical (unpaired) electrons. The van der Waals surface area contributed by atoms with Gasteiger partial charge in [0.2, 0.25) is 5.91 Å². The summed E-state index contributed by atoms with van der Waals surface area (Å²) in [4.78, 5) is 15.2. The highest BCUT2D eigenvalue weighted by Crippen LogP contribution is 2.27. The highest BCUT2D eigenvalue weighted by Gasteiger charge is 2.23. The van der Waals surface area contributed by atoms with Crippen LogP contribution >= 0.6 is 0 Å². The van der Waals surface area contributed by atoms with E-state index in [1.54, 1.807) is 7.11 Å². The van der Waals surface area contributed by atoms with E-state index in [2.05, 4.69) is 24.3 Å². The van der Waals surface area contributed by atoms with Gasteiger partial charge in [-0.3, -0.25) is 9.48 Å². The van der Waals surface area contributed by atoms with E-state index in [0.29, 0.717) is 13.1 Å². The maximum atomic E-state index is 13.3. The molecule has 5 rings (SSSR count). The highest BCUT2D eigenvalue weighted by molar-refractivity contribution is 5.78. The van der Waals surface area contributed by atoms with E-state index >= 15 is 0 Å². The summed E-state index contributed by atoms with van der Waals surface area (Å²) >= 11 is 0. The standard InChI is InChI=1S/C27H25N3O2/c1-32-24-13-12-20-14-15-29(18-23(20)16-24)27(31)19-30-26(22-10-6-3-7-11-22)17-25(28-30)21-8-4-2-5-9-21/h2-13,16-17H,14-15,18-19H2,1H3. The predicted molar refractivity (Wildman–Crippen MR) is 125 cm³/mol. The zero-order valence-corrected chi connectivity index (χ0v) is 18.1. The molecule has 4 aromatic rings. The Morgan fingerprint density at radius 3 is 2.34 bits per heavy atom. The summed E-state index contributed by atoms with van der Waals surface area (Å²) in [6.45, 7) is 1.51. The van der Waals surface area contributed by atoms with E-state index in [1.165, 1.54) is 5.56 Å². The molecule has 2 heterocycles. The van der Waals surface area contributed by atoms with Crippen LogP contribution in [0.5, 0.6) is 5.75 Å². The lowest BCUT2D eigenvalue weighted by atomic mass is 9.99. The van der Waals surface area contributed by atoms with Gasteiger partial charge in [-0.2, -0.15) is 5.10 Å². The van der Waals surface area contributed by atoms with Crippen LogP contribution in [0.4, 0.5) is 0 Å². The lowest BCUT2D eigenvalue weighted by Gasteiger charge is -2.29. The van der Waals surface area contributed by atoms with Crippen LogP contribution in [0.2, 0.25) is 0 Å². The summed E-state index contributed by atoms with van der Waals surface area (Å²) in [7, 11) is 1.67. The first-order valence-corrected chi connectivity index (χ1v) is 10.8. The van der Waals surface area contributed by atoms with Crippen LogP contribution in [0.15, 0.2) is 84.9 Å². The summed E-state index contributed by atoms with van der Waals surface area (Å²) in [6.07, 6.45) is 0.852. The molecule has 0 atom stereocenters. The molecule has 0 aliphatic carbocycles. The molecule has 1 aromatic heterocycles. The van der Waals surface area contributed by atoms with E-state index in [4.69, 9.17) is 9.84 Å². The van der Waals surface area contributed by atoms with E-state index in [-0.39, 0.29) is 12.5 Å². The van der Waals surface area contributed by atoms with Crippen LogP contribution in [0, 0.1) is 0 Å². The van der Waals surface area contributed by atoms with Gasteiger partial charge in [0.15, 0.2) is 0 Å². The first kappa shape index (κ1) is 20.1. The average molecular weight is 424 g/mol. The van der Waals surface area contributed by atoms with Crippen molar-refractivity contribution in [2.75, 3.05) is 13.7 Å². The molecule has 1 amide bonds. The van der Waals surface area contributed by atoms with Gasteiger partial charge in [0, 0.05) is 18.7 Å². The average Bonchev–Trinajstić information content (AvgIpc) is 3.28. The number of nitrogens with zero attached hydrogens (tertiary/aromatic N) is 3. The second-order valence-electron chi connectivity index (χ2n) is 8.00. The largest absolute Gasteiger partial charge is 0.497 e. The first-order chi connectivity index (χ1) is 15.7. The van der Waals surface area contributed by atoms with Gasteiger partial charge in [-0.1, -0.05) is 66.7 Å². The van der Waals surface area contributed by atoms with E-state index < -0.39 is 0 Å². The van der Waals surface area contributed by atoms with Crippen molar-refractivity contribution in [2.45, 2.75) is 19.5 Å². The maximum Gasteiger partial charge on any atom is 0.244 e. The summed E-state index contributed by atoms with van der Waals surface area (Å²) in [5.41, 5.74) is 6.32. The number of hydrogen-bond donors (Lipinski definition) is 0. The summed E-state index contributed by atoms with van der Waals surface area (Å²) in [5.74, 6) is 0.891. The van der Waals surface area contributed by atoms with Crippen molar-refractivity contribution < 1.29 is 9.53 Å². The number of fused-ring (bicyclic) bond motifs is 1. The monoisotopic (exact) mass is 423 g/mol. The van der Waals surface area contributed by atoms with Gasteiger partial charge in [-0.15, -0.1) is 0 Å². The van der Waals surface area contributed by atoms with Crippen molar-refractivity contribution in [2.24, 2.45) is 0 Å². The van der Waals surface area contributed by atoms with Crippen molar-refractivity contribution in [1.82, 2.24) is 14.7 Å². The molecule has 0 unspecified atom stereocenters. The van der Waals surface area contributed by atoms with Crippen molar-refractivity contribution in [3.63, 3.8) is 0 Å². The Labute approximate surface area is 187 Å². The SMILES string of the molecule is COc1ccc2c(c1)CN(C(=O)Cn1nc(-c3ccccc3)cc1-c1ccccc1)CC2. The molecular weight excluding hydrogens is 398 g/mol. The lowest BCUT2D eigenvalue weighted by Crippen LogP contribution is -2.38. The third kappa shape index (κ3) is 4.02. The van der Waals surface area contributed by atoms with E-state index in [1.807, 2.05) is 70.2 Å². The number of benzene rings is 3. The highest BCUT2D eigenvalue weighted by atomic mass is 16.5. The topological polar surface area (TPSA) is 47.4 Å². The number of amides is 1. The molecule has 32 heavy (non-hydrogen) atoms. The summed E-state index contributed by atoms with van der Waals surface area (Å²) in [6, 6.07) is 28.4. The normalized spacial score (nSPS) is 13.0. The number of carbonyl (C=O) groups is 1. The molecule has 0 N–H and O–H groups in total. The predicted octanol–water partition coefficient (Wildman–Crippen LogP) is 4.81. The van der Waals surface area contributed by atoms with Gasteiger partial charge in [0.25, 0.3) is 0 Å². The molecular formula is C27H25N3O2. The van der Waals surface area contributed by atoms with Gasteiger partial charge >= 0.3 is 0 Å². The maximum absolute atomic E-state index is 13.3. The Kier molecular flexibility index (Phi) is 5.46. The van der Waals surface area contributed by atoms with Crippen molar-refractivity contribution >= 4 is 5.91 Å². The minimum atomic E-state index is 0.0679.